The van der Waals surface area contributed by atoms with E-state index in [1.807, 2.05) is 0 Å². The summed E-state index contributed by atoms with van der Waals surface area (Å²) in [6.07, 6.45) is -2.72. The van der Waals surface area contributed by atoms with E-state index in [0.29, 0.717) is 26.2 Å². The zero-order chi connectivity index (χ0) is 11.0. The second-order valence-electron chi connectivity index (χ2n) is 4.20. The first-order valence-electron chi connectivity index (χ1n) is 5.03. The summed E-state index contributed by atoms with van der Waals surface area (Å²) in [5.41, 5.74) is 0. The van der Waals surface area contributed by atoms with E-state index < -0.39 is 12.5 Å². The van der Waals surface area contributed by atoms with Crippen LogP contribution in [0.1, 0.15) is 0 Å². The van der Waals surface area contributed by atoms with Gasteiger partial charge in [0.25, 0.3) is 6.43 Å². The SMILES string of the molecule is O=C(C1CN(CC(F)F)C1)N1CC(O)C1. The van der Waals surface area contributed by atoms with Crippen molar-refractivity contribution >= 4 is 5.91 Å². The number of carbonyl (C=O) groups excluding carboxylic acids is 1. The Hall–Kier alpha value is -0.750. The van der Waals surface area contributed by atoms with E-state index in [1.165, 1.54) is 0 Å². The third-order valence-corrected chi connectivity index (χ3v) is 2.88. The van der Waals surface area contributed by atoms with Crippen LogP contribution < -0.4 is 0 Å². The lowest BCUT2D eigenvalue weighted by molar-refractivity contribution is -0.152. The Morgan fingerprint density at radius 3 is 2.40 bits per heavy atom. The van der Waals surface area contributed by atoms with Crippen molar-refractivity contribution in [1.82, 2.24) is 9.80 Å². The Balaban J connectivity index is 1.68. The molecule has 2 heterocycles. The van der Waals surface area contributed by atoms with E-state index in [9.17, 15) is 13.6 Å². The Morgan fingerprint density at radius 2 is 1.93 bits per heavy atom. The summed E-state index contributed by atoms with van der Waals surface area (Å²) in [7, 11) is 0. The molecule has 0 saturated carbocycles. The Kier molecular flexibility index (Phi) is 2.88. The molecule has 1 amide bonds. The molecule has 0 aromatic heterocycles. The molecule has 0 bridgehead atoms. The molecule has 2 rings (SSSR count). The Labute approximate surface area is 86.5 Å². The van der Waals surface area contributed by atoms with Gasteiger partial charge in [-0.3, -0.25) is 9.69 Å². The van der Waals surface area contributed by atoms with Crippen LogP contribution in [-0.2, 0) is 4.79 Å². The van der Waals surface area contributed by atoms with Crippen molar-refractivity contribution in [3.05, 3.63) is 0 Å². The number of rotatable bonds is 3. The predicted octanol–water partition coefficient (Wildman–Crippen LogP) is -0.614. The molecule has 1 N–H and O–H groups in total. The van der Waals surface area contributed by atoms with Crippen LogP contribution in [0.25, 0.3) is 0 Å². The van der Waals surface area contributed by atoms with Gasteiger partial charge in [0, 0.05) is 26.2 Å². The highest BCUT2D eigenvalue weighted by Gasteiger charge is 2.39. The molecule has 4 nitrogen and oxygen atoms in total. The van der Waals surface area contributed by atoms with Gasteiger partial charge < -0.3 is 10.0 Å². The molecule has 0 spiro atoms. The molecule has 0 atom stereocenters. The van der Waals surface area contributed by atoms with Crippen LogP contribution >= 0.6 is 0 Å². The number of amides is 1. The summed E-state index contributed by atoms with van der Waals surface area (Å²) in [5, 5.41) is 9.01. The van der Waals surface area contributed by atoms with Gasteiger partial charge >= 0.3 is 0 Å². The van der Waals surface area contributed by atoms with Crippen molar-refractivity contribution in [1.29, 1.82) is 0 Å². The van der Waals surface area contributed by atoms with Crippen LogP contribution in [0.15, 0.2) is 0 Å². The summed E-state index contributed by atoms with van der Waals surface area (Å²) >= 11 is 0. The minimum Gasteiger partial charge on any atom is -0.389 e. The van der Waals surface area contributed by atoms with Crippen LogP contribution in [0.3, 0.4) is 0 Å². The first kappa shape index (κ1) is 10.8. The maximum absolute atomic E-state index is 12.0. The zero-order valence-electron chi connectivity index (χ0n) is 8.27. The maximum atomic E-state index is 12.0. The number of nitrogens with zero attached hydrogens (tertiary/aromatic N) is 2. The molecule has 2 aliphatic heterocycles. The molecule has 2 aliphatic rings. The van der Waals surface area contributed by atoms with E-state index in [-0.39, 0.29) is 18.4 Å². The third-order valence-electron chi connectivity index (χ3n) is 2.88. The minimum absolute atomic E-state index is 0.00850. The molecule has 0 aromatic rings. The molecule has 0 aliphatic carbocycles. The quantitative estimate of drug-likeness (QED) is 0.690. The van der Waals surface area contributed by atoms with Crippen LogP contribution in [0, 0.1) is 5.92 Å². The number of hydrogen-bond acceptors (Lipinski definition) is 3. The summed E-state index contributed by atoms with van der Waals surface area (Å²) in [5.74, 6) is -0.151. The molecule has 15 heavy (non-hydrogen) atoms. The number of alkyl halides is 2. The number of β-amino-alcohol motifs (C(OH)–C–C–N with tert-alkyl or cyclic N) is 1. The average molecular weight is 220 g/mol. The fraction of sp³-hybridized carbons (Fsp3) is 0.889. The zero-order valence-corrected chi connectivity index (χ0v) is 8.27. The lowest BCUT2D eigenvalue weighted by Crippen LogP contribution is -2.61. The fourth-order valence-electron chi connectivity index (χ4n) is 1.96. The fourth-order valence-corrected chi connectivity index (χ4v) is 1.96. The lowest BCUT2D eigenvalue weighted by atomic mass is 9.96. The molecule has 86 valence electrons. The Bertz CT molecular complexity index is 250. The van der Waals surface area contributed by atoms with Gasteiger partial charge in [0.1, 0.15) is 0 Å². The summed E-state index contributed by atoms with van der Waals surface area (Å²) in [6.45, 7) is 1.40. The van der Waals surface area contributed by atoms with E-state index in [1.54, 1.807) is 9.80 Å². The minimum atomic E-state index is -2.33. The molecule has 2 saturated heterocycles. The summed E-state index contributed by atoms with van der Waals surface area (Å²) in [4.78, 5) is 14.7. The standard InChI is InChI=1S/C9H14F2N2O2/c10-8(11)5-12-1-6(2-12)9(15)13-3-7(14)4-13/h6-8,14H,1-5H2. The predicted molar refractivity (Wildman–Crippen MR) is 48.5 cm³/mol. The molecular weight excluding hydrogens is 206 g/mol. The number of halogens is 2. The monoisotopic (exact) mass is 220 g/mol. The third kappa shape index (κ3) is 2.26. The van der Waals surface area contributed by atoms with Crippen molar-refractivity contribution in [3.63, 3.8) is 0 Å². The second-order valence-corrected chi connectivity index (χ2v) is 4.20. The van der Waals surface area contributed by atoms with E-state index in [2.05, 4.69) is 0 Å². The first-order valence-corrected chi connectivity index (χ1v) is 5.03. The molecule has 0 unspecified atom stereocenters. The van der Waals surface area contributed by atoms with Gasteiger partial charge in [-0.25, -0.2) is 8.78 Å². The molecule has 2 fully saturated rings. The van der Waals surface area contributed by atoms with E-state index >= 15 is 0 Å². The van der Waals surface area contributed by atoms with Crippen molar-refractivity contribution in [2.24, 2.45) is 5.92 Å². The van der Waals surface area contributed by atoms with Crippen molar-refractivity contribution in [2.75, 3.05) is 32.7 Å². The number of hydrogen-bond donors (Lipinski definition) is 1. The number of carbonyl (C=O) groups is 1. The molecular formula is C9H14F2N2O2. The van der Waals surface area contributed by atoms with Crippen LogP contribution in [0.5, 0.6) is 0 Å². The molecule has 0 radical (unpaired) electrons. The second kappa shape index (κ2) is 4.02. The number of aliphatic hydroxyl groups excluding tert-OH is 1. The van der Waals surface area contributed by atoms with Crippen LogP contribution in [-0.4, -0.2) is 66.1 Å². The van der Waals surface area contributed by atoms with Gasteiger partial charge in [-0.1, -0.05) is 0 Å². The topological polar surface area (TPSA) is 43.8 Å². The van der Waals surface area contributed by atoms with Gasteiger partial charge in [0.15, 0.2) is 0 Å². The smallest absolute Gasteiger partial charge is 0.251 e. The van der Waals surface area contributed by atoms with Gasteiger partial charge in [-0.15, -0.1) is 0 Å². The molecule has 0 aromatic carbocycles. The summed E-state index contributed by atoms with van der Waals surface area (Å²) in [6, 6.07) is 0. The highest BCUT2D eigenvalue weighted by Crippen LogP contribution is 2.21. The van der Waals surface area contributed by atoms with Gasteiger partial charge in [0.2, 0.25) is 5.91 Å². The van der Waals surface area contributed by atoms with Crippen LogP contribution in [0.4, 0.5) is 8.78 Å². The number of aliphatic hydroxyl groups is 1. The summed E-state index contributed by atoms with van der Waals surface area (Å²) < 4.78 is 23.9. The number of likely N-dealkylation sites (tertiary alicyclic amines) is 2. The average Bonchev–Trinajstić information content (AvgIpc) is 2.03. The van der Waals surface area contributed by atoms with Crippen molar-refractivity contribution in [2.45, 2.75) is 12.5 Å². The van der Waals surface area contributed by atoms with E-state index in [4.69, 9.17) is 5.11 Å². The van der Waals surface area contributed by atoms with Gasteiger partial charge in [0.05, 0.1) is 18.6 Å². The van der Waals surface area contributed by atoms with Crippen LogP contribution in [0.2, 0.25) is 0 Å². The highest BCUT2D eigenvalue weighted by molar-refractivity contribution is 5.81. The van der Waals surface area contributed by atoms with Gasteiger partial charge in [-0.2, -0.15) is 0 Å². The Morgan fingerprint density at radius 1 is 1.33 bits per heavy atom. The van der Waals surface area contributed by atoms with Gasteiger partial charge in [-0.05, 0) is 0 Å². The first-order chi connectivity index (χ1) is 7.06. The van der Waals surface area contributed by atoms with E-state index in [0.717, 1.165) is 0 Å². The normalized spacial score (nSPS) is 24.1. The lowest BCUT2D eigenvalue weighted by Gasteiger charge is -2.44. The van der Waals surface area contributed by atoms with Crippen molar-refractivity contribution in [3.8, 4) is 0 Å². The molecule has 6 heteroatoms. The maximum Gasteiger partial charge on any atom is 0.251 e. The highest BCUT2D eigenvalue weighted by atomic mass is 19.3. The van der Waals surface area contributed by atoms with Crippen molar-refractivity contribution < 1.29 is 18.7 Å². The largest absolute Gasteiger partial charge is 0.389 e.